The van der Waals surface area contributed by atoms with Crippen molar-refractivity contribution in [3.63, 3.8) is 0 Å². The van der Waals surface area contributed by atoms with Crippen LogP contribution < -0.4 is 5.73 Å². The number of rotatable bonds is 37. The van der Waals surface area contributed by atoms with E-state index in [4.69, 9.17) is 24.3 Å². The van der Waals surface area contributed by atoms with E-state index in [2.05, 4.69) is 26.0 Å². The standard InChI is InChI=1S/C37H74NO7P/c1-3-5-7-9-11-13-15-16-17-18-19-20-21-22-24-26-28-30-37(39)45-36(35-44-46(40,41)43-33-31-38)34-42-32-29-27-25-23-14-12-10-8-6-4-2/h16-17,36H,3-15,18-35,38H2,1-2H3,(H,40,41)/b17-16-. The topological polar surface area (TPSA) is 117 Å². The molecule has 0 aromatic rings. The van der Waals surface area contributed by atoms with E-state index in [1.165, 1.54) is 128 Å². The van der Waals surface area contributed by atoms with Crippen molar-refractivity contribution < 1.29 is 32.8 Å². The Morgan fingerprint density at radius 2 is 1.09 bits per heavy atom. The molecule has 0 aromatic heterocycles. The van der Waals surface area contributed by atoms with Crippen LogP contribution in [-0.2, 0) is 27.9 Å². The number of ether oxygens (including phenoxy) is 2. The second-order valence-electron chi connectivity index (χ2n) is 12.8. The monoisotopic (exact) mass is 676 g/mol. The number of hydrogen-bond donors (Lipinski definition) is 2. The maximum absolute atomic E-state index is 12.5. The van der Waals surface area contributed by atoms with E-state index in [-0.39, 0.29) is 32.3 Å². The van der Waals surface area contributed by atoms with Gasteiger partial charge in [-0.3, -0.25) is 13.8 Å². The SMILES string of the molecule is CCCCCCCC/C=C\CCCCCCCCCC(=O)OC(COCCCCCCCCCCCC)COP(=O)(O)OCCN. The number of unbranched alkanes of at least 4 members (excludes halogenated alkanes) is 22. The van der Waals surface area contributed by atoms with Crippen molar-refractivity contribution in [3.05, 3.63) is 12.2 Å². The summed E-state index contributed by atoms with van der Waals surface area (Å²) in [5.41, 5.74) is 5.35. The molecule has 0 amide bonds. The van der Waals surface area contributed by atoms with Crippen molar-refractivity contribution in [2.24, 2.45) is 5.73 Å². The van der Waals surface area contributed by atoms with Crippen LogP contribution in [0.4, 0.5) is 0 Å². The molecule has 0 spiro atoms. The number of esters is 1. The van der Waals surface area contributed by atoms with Crippen molar-refractivity contribution in [2.45, 2.75) is 187 Å². The quantitative estimate of drug-likeness (QED) is 0.0289. The number of nitrogens with two attached hydrogens (primary N) is 1. The van der Waals surface area contributed by atoms with Crippen LogP contribution in [0.25, 0.3) is 0 Å². The lowest BCUT2D eigenvalue weighted by atomic mass is 10.1. The highest BCUT2D eigenvalue weighted by molar-refractivity contribution is 7.47. The lowest BCUT2D eigenvalue weighted by Crippen LogP contribution is -2.28. The molecule has 0 fully saturated rings. The molecular weight excluding hydrogens is 601 g/mol. The van der Waals surface area contributed by atoms with Crippen LogP contribution in [-0.4, -0.2) is 49.9 Å². The Morgan fingerprint density at radius 1 is 0.630 bits per heavy atom. The second-order valence-corrected chi connectivity index (χ2v) is 14.2. The smallest absolute Gasteiger partial charge is 0.457 e. The average Bonchev–Trinajstić information content (AvgIpc) is 3.04. The van der Waals surface area contributed by atoms with Gasteiger partial charge >= 0.3 is 13.8 Å². The fourth-order valence-electron chi connectivity index (χ4n) is 5.34. The van der Waals surface area contributed by atoms with Crippen LogP contribution in [0.5, 0.6) is 0 Å². The summed E-state index contributed by atoms with van der Waals surface area (Å²) < 4.78 is 33.2. The number of phosphoric ester groups is 1. The number of allylic oxidation sites excluding steroid dienone is 2. The van der Waals surface area contributed by atoms with Gasteiger partial charge in [-0.05, 0) is 38.5 Å². The Balaban J connectivity index is 4.04. The lowest BCUT2D eigenvalue weighted by molar-refractivity contribution is -0.154. The average molecular weight is 676 g/mol. The van der Waals surface area contributed by atoms with Gasteiger partial charge in [0, 0.05) is 19.6 Å². The van der Waals surface area contributed by atoms with Crippen molar-refractivity contribution in [1.29, 1.82) is 0 Å². The van der Waals surface area contributed by atoms with Gasteiger partial charge in [-0.2, -0.15) is 0 Å². The minimum absolute atomic E-state index is 0.0934. The minimum Gasteiger partial charge on any atom is -0.457 e. The van der Waals surface area contributed by atoms with Gasteiger partial charge in [0.15, 0.2) is 0 Å². The molecule has 0 heterocycles. The molecule has 3 N–H and O–H groups in total. The zero-order valence-corrected chi connectivity index (χ0v) is 31.0. The van der Waals surface area contributed by atoms with Crippen LogP contribution in [0.15, 0.2) is 12.2 Å². The van der Waals surface area contributed by atoms with Gasteiger partial charge in [-0.1, -0.05) is 148 Å². The first-order valence-electron chi connectivity index (χ1n) is 19.2. The third-order valence-corrected chi connectivity index (χ3v) is 9.17. The molecule has 0 bridgehead atoms. The summed E-state index contributed by atoms with van der Waals surface area (Å²) in [6.45, 7) is 4.92. The first-order valence-corrected chi connectivity index (χ1v) is 20.7. The molecule has 9 heteroatoms. The van der Waals surface area contributed by atoms with E-state index >= 15 is 0 Å². The Morgan fingerprint density at radius 3 is 1.59 bits per heavy atom. The summed E-state index contributed by atoms with van der Waals surface area (Å²) in [6, 6.07) is 0. The molecule has 2 unspecified atom stereocenters. The summed E-state index contributed by atoms with van der Waals surface area (Å²) in [5, 5.41) is 0. The highest BCUT2D eigenvalue weighted by Gasteiger charge is 2.25. The molecule has 0 saturated carbocycles. The molecule has 46 heavy (non-hydrogen) atoms. The minimum atomic E-state index is -4.26. The first-order chi connectivity index (χ1) is 22.4. The van der Waals surface area contributed by atoms with Crippen molar-refractivity contribution in [3.8, 4) is 0 Å². The van der Waals surface area contributed by atoms with Gasteiger partial charge in [-0.25, -0.2) is 4.57 Å². The van der Waals surface area contributed by atoms with E-state index in [0.717, 1.165) is 32.1 Å². The van der Waals surface area contributed by atoms with Crippen LogP contribution >= 0.6 is 7.82 Å². The Kier molecular flexibility index (Phi) is 35.0. The van der Waals surface area contributed by atoms with E-state index in [1.54, 1.807) is 0 Å². The first kappa shape index (κ1) is 45.2. The second kappa shape index (κ2) is 35.5. The fourth-order valence-corrected chi connectivity index (χ4v) is 6.11. The molecule has 0 aliphatic rings. The van der Waals surface area contributed by atoms with Gasteiger partial charge in [0.1, 0.15) is 6.10 Å². The Bertz CT molecular complexity index is 722. The van der Waals surface area contributed by atoms with Gasteiger partial charge < -0.3 is 20.1 Å². The molecule has 2 atom stereocenters. The van der Waals surface area contributed by atoms with E-state index in [9.17, 15) is 14.3 Å². The number of carbonyl (C=O) groups excluding carboxylic acids is 1. The maximum atomic E-state index is 12.5. The normalized spacial score (nSPS) is 13.7. The summed E-state index contributed by atoms with van der Waals surface area (Å²) in [6.07, 6.45) is 35.0. The van der Waals surface area contributed by atoms with Gasteiger partial charge in [0.2, 0.25) is 0 Å². The summed E-state index contributed by atoms with van der Waals surface area (Å²) >= 11 is 0. The van der Waals surface area contributed by atoms with Crippen molar-refractivity contribution >= 4 is 13.8 Å². The highest BCUT2D eigenvalue weighted by atomic mass is 31.2. The summed E-state index contributed by atoms with van der Waals surface area (Å²) in [7, 11) is -4.26. The molecule has 8 nitrogen and oxygen atoms in total. The van der Waals surface area contributed by atoms with Gasteiger partial charge in [0.05, 0.1) is 19.8 Å². The largest absolute Gasteiger partial charge is 0.472 e. The molecule has 0 saturated heterocycles. The predicted molar refractivity (Wildman–Crippen MR) is 192 cm³/mol. The summed E-state index contributed by atoms with van der Waals surface area (Å²) in [5.74, 6) is -0.334. The van der Waals surface area contributed by atoms with E-state index in [1.807, 2.05) is 0 Å². The third kappa shape index (κ3) is 34.6. The molecule has 0 aliphatic heterocycles. The van der Waals surface area contributed by atoms with Gasteiger partial charge in [0.25, 0.3) is 0 Å². The molecule has 0 rings (SSSR count). The van der Waals surface area contributed by atoms with Crippen molar-refractivity contribution in [1.82, 2.24) is 0 Å². The zero-order valence-electron chi connectivity index (χ0n) is 30.1. The number of carbonyl (C=O) groups is 1. The van der Waals surface area contributed by atoms with Crippen LogP contribution in [0.3, 0.4) is 0 Å². The maximum Gasteiger partial charge on any atom is 0.472 e. The van der Waals surface area contributed by atoms with E-state index in [0.29, 0.717) is 13.0 Å². The van der Waals surface area contributed by atoms with Crippen molar-refractivity contribution in [2.75, 3.05) is 33.0 Å². The van der Waals surface area contributed by atoms with E-state index < -0.39 is 13.9 Å². The highest BCUT2D eigenvalue weighted by Crippen LogP contribution is 2.43. The molecule has 0 radical (unpaired) electrons. The van der Waals surface area contributed by atoms with Crippen LogP contribution in [0, 0.1) is 0 Å². The Hall–Kier alpha value is -0.760. The van der Waals surface area contributed by atoms with Crippen LogP contribution in [0.2, 0.25) is 0 Å². The molecule has 0 aliphatic carbocycles. The summed E-state index contributed by atoms with van der Waals surface area (Å²) in [4.78, 5) is 22.3. The number of hydrogen-bond acceptors (Lipinski definition) is 7. The molecule has 274 valence electrons. The van der Waals surface area contributed by atoms with Crippen LogP contribution in [0.1, 0.15) is 181 Å². The number of phosphoric acid groups is 1. The molecule has 0 aromatic carbocycles. The van der Waals surface area contributed by atoms with Gasteiger partial charge in [-0.15, -0.1) is 0 Å². The lowest BCUT2D eigenvalue weighted by Gasteiger charge is -2.20. The Labute approximate surface area is 283 Å². The fraction of sp³-hybridized carbons (Fsp3) is 0.919. The zero-order chi connectivity index (χ0) is 33.8. The third-order valence-electron chi connectivity index (χ3n) is 8.18. The molecular formula is C37H74NO7P. The predicted octanol–water partition coefficient (Wildman–Crippen LogP) is 10.7.